The molecule has 5 heteroatoms. The molecule has 3 rings (SSSR count). The SMILES string of the molecule is CC[NH+](CC)CC[NH2+]C[C@@H]1C(=O)O[C@H]2CC3=CCC[C@@H](C)[C@]3(C)[C@H](O)[C@@H]21. The molecule has 1 aliphatic heterocycles. The maximum Gasteiger partial charge on any atom is 0.315 e. The number of nitrogens with one attached hydrogen (secondary N) is 1. The number of esters is 1. The Bertz CT molecular complexity index is 545. The van der Waals surface area contributed by atoms with E-state index >= 15 is 0 Å². The first-order chi connectivity index (χ1) is 12.4. The van der Waals surface area contributed by atoms with E-state index in [2.05, 4.69) is 39.1 Å². The van der Waals surface area contributed by atoms with Crippen LogP contribution in [-0.2, 0) is 9.53 Å². The number of carbonyl (C=O) groups excluding carboxylic acids is 1. The molecule has 4 N–H and O–H groups in total. The molecule has 5 nitrogen and oxygen atoms in total. The van der Waals surface area contributed by atoms with Crippen LogP contribution in [0.4, 0.5) is 0 Å². The van der Waals surface area contributed by atoms with E-state index < -0.39 is 6.10 Å². The van der Waals surface area contributed by atoms with Gasteiger partial charge in [0, 0.05) is 17.8 Å². The zero-order chi connectivity index (χ0) is 18.9. The van der Waals surface area contributed by atoms with E-state index in [1.165, 1.54) is 5.57 Å². The van der Waals surface area contributed by atoms with Crippen molar-refractivity contribution in [2.75, 3.05) is 32.7 Å². The lowest BCUT2D eigenvalue weighted by Crippen LogP contribution is -3.14. The van der Waals surface area contributed by atoms with Crippen molar-refractivity contribution < 1.29 is 24.9 Å². The maximum atomic E-state index is 12.5. The van der Waals surface area contributed by atoms with Gasteiger partial charge in [0.15, 0.2) is 0 Å². The summed E-state index contributed by atoms with van der Waals surface area (Å²) in [6.07, 6.45) is 4.69. The van der Waals surface area contributed by atoms with Crippen LogP contribution in [0.5, 0.6) is 0 Å². The molecule has 0 amide bonds. The smallest absolute Gasteiger partial charge is 0.315 e. The largest absolute Gasteiger partial charge is 0.461 e. The van der Waals surface area contributed by atoms with Gasteiger partial charge in [0.1, 0.15) is 25.1 Å². The van der Waals surface area contributed by atoms with Crippen molar-refractivity contribution in [2.24, 2.45) is 23.2 Å². The van der Waals surface area contributed by atoms with Crippen LogP contribution in [0, 0.1) is 23.2 Å². The van der Waals surface area contributed by atoms with Crippen LogP contribution >= 0.6 is 0 Å². The summed E-state index contributed by atoms with van der Waals surface area (Å²) in [6, 6.07) is 0. The van der Waals surface area contributed by atoms with Crippen molar-refractivity contribution in [2.45, 2.75) is 59.2 Å². The van der Waals surface area contributed by atoms with Crippen molar-refractivity contribution in [1.82, 2.24) is 0 Å². The van der Waals surface area contributed by atoms with Crippen LogP contribution in [0.2, 0.25) is 0 Å². The highest BCUT2D eigenvalue weighted by atomic mass is 16.6. The Morgan fingerprint density at radius 1 is 1.38 bits per heavy atom. The molecule has 1 heterocycles. The summed E-state index contributed by atoms with van der Waals surface area (Å²) in [7, 11) is 0. The third-order valence-electron chi connectivity index (χ3n) is 7.69. The van der Waals surface area contributed by atoms with Gasteiger partial charge in [-0.25, -0.2) is 0 Å². The van der Waals surface area contributed by atoms with Gasteiger partial charge in [0.05, 0.1) is 25.7 Å². The molecule has 0 aromatic carbocycles. The predicted octanol–water partition coefficient (Wildman–Crippen LogP) is -0.240. The van der Waals surface area contributed by atoms with E-state index in [1.54, 1.807) is 4.90 Å². The highest BCUT2D eigenvalue weighted by molar-refractivity contribution is 5.76. The highest BCUT2D eigenvalue weighted by Gasteiger charge is 2.60. The topological polar surface area (TPSA) is 67.6 Å². The van der Waals surface area contributed by atoms with Gasteiger partial charge in [0.25, 0.3) is 0 Å². The van der Waals surface area contributed by atoms with Gasteiger partial charge in [-0.15, -0.1) is 0 Å². The Morgan fingerprint density at radius 2 is 2.12 bits per heavy atom. The van der Waals surface area contributed by atoms with Gasteiger partial charge in [-0.2, -0.15) is 0 Å². The van der Waals surface area contributed by atoms with Gasteiger partial charge in [-0.3, -0.25) is 4.79 Å². The third kappa shape index (κ3) is 3.34. The zero-order valence-electron chi connectivity index (χ0n) is 17.0. The van der Waals surface area contributed by atoms with E-state index in [4.69, 9.17) is 4.74 Å². The molecule has 0 unspecified atom stereocenters. The number of aliphatic hydroxyl groups excluding tert-OH is 1. The molecule has 0 radical (unpaired) electrons. The lowest BCUT2D eigenvalue weighted by Gasteiger charge is -2.51. The van der Waals surface area contributed by atoms with Crippen molar-refractivity contribution >= 4 is 5.97 Å². The van der Waals surface area contributed by atoms with Crippen molar-refractivity contribution in [3.05, 3.63) is 11.6 Å². The third-order valence-corrected chi connectivity index (χ3v) is 7.69. The van der Waals surface area contributed by atoms with Crippen LogP contribution in [-0.4, -0.2) is 56.0 Å². The maximum absolute atomic E-state index is 12.5. The quantitative estimate of drug-likeness (QED) is 0.331. The molecule has 1 saturated carbocycles. The Morgan fingerprint density at radius 3 is 2.81 bits per heavy atom. The number of carbonyl (C=O) groups is 1. The first-order valence-corrected chi connectivity index (χ1v) is 10.7. The first-order valence-electron chi connectivity index (χ1n) is 10.7. The summed E-state index contributed by atoms with van der Waals surface area (Å²) in [4.78, 5) is 14.1. The van der Waals surface area contributed by atoms with Crippen LogP contribution in [0.1, 0.15) is 47.0 Å². The first kappa shape index (κ1) is 19.8. The number of hydrogen-bond acceptors (Lipinski definition) is 3. The van der Waals surface area contributed by atoms with E-state index in [0.29, 0.717) is 5.92 Å². The van der Waals surface area contributed by atoms with Gasteiger partial charge in [-0.05, 0) is 32.6 Å². The van der Waals surface area contributed by atoms with Gasteiger partial charge >= 0.3 is 5.97 Å². The van der Waals surface area contributed by atoms with E-state index in [1.807, 2.05) is 0 Å². The summed E-state index contributed by atoms with van der Waals surface area (Å²) in [5, 5.41) is 13.6. The van der Waals surface area contributed by atoms with Gasteiger partial charge in [0.2, 0.25) is 0 Å². The minimum Gasteiger partial charge on any atom is -0.461 e. The monoisotopic (exact) mass is 366 g/mol. The Labute approximate surface area is 158 Å². The van der Waals surface area contributed by atoms with Crippen LogP contribution in [0.15, 0.2) is 11.6 Å². The molecule has 0 aromatic heterocycles. The van der Waals surface area contributed by atoms with Crippen LogP contribution in [0.3, 0.4) is 0 Å². The van der Waals surface area contributed by atoms with Crippen LogP contribution < -0.4 is 10.2 Å². The number of ether oxygens (including phenoxy) is 1. The Balaban J connectivity index is 1.67. The fourth-order valence-electron chi connectivity index (χ4n) is 5.54. The fraction of sp³-hybridized carbons (Fsp3) is 0.857. The lowest BCUT2D eigenvalue weighted by atomic mass is 9.55. The predicted molar refractivity (Wildman–Crippen MR) is 101 cm³/mol. The Kier molecular flexibility index (Phi) is 6.10. The molecule has 0 aromatic rings. The van der Waals surface area contributed by atoms with Crippen molar-refractivity contribution in [1.29, 1.82) is 0 Å². The number of hydrogen-bond donors (Lipinski definition) is 3. The fourth-order valence-corrected chi connectivity index (χ4v) is 5.54. The second-order valence-electron chi connectivity index (χ2n) is 8.82. The number of fused-ring (bicyclic) bond motifs is 2. The number of aliphatic hydroxyl groups is 1. The molecular formula is C21H38N2O3+2. The standard InChI is InChI=1S/C21H36N2O3/c1-5-23(6-2)11-10-22-13-16-18-17(26-20(16)25)12-15-9-7-8-14(3)21(15,4)19(18)24/h9,14,16-19,22,24H,5-8,10-13H2,1-4H3/p+2/t14-,16+,17+,18-,19-,21+/m1/s1. The summed E-state index contributed by atoms with van der Waals surface area (Å²) >= 11 is 0. The second-order valence-corrected chi connectivity index (χ2v) is 8.82. The number of rotatable bonds is 7. The van der Waals surface area contributed by atoms with Crippen molar-refractivity contribution in [3.8, 4) is 0 Å². The molecule has 0 spiro atoms. The summed E-state index contributed by atoms with van der Waals surface area (Å²) in [6.45, 7) is 14.1. The molecule has 148 valence electrons. The van der Waals surface area contributed by atoms with Crippen LogP contribution in [0.25, 0.3) is 0 Å². The highest BCUT2D eigenvalue weighted by Crippen LogP contribution is 2.55. The lowest BCUT2D eigenvalue weighted by molar-refractivity contribution is -0.909. The zero-order valence-corrected chi connectivity index (χ0v) is 17.0. The van der Waals surface area contributed by atoms with E-state index in [0.717, 1.165) is 52.0 Å². The minimum absolute atomic E-state index is 0.0535. The molecule has 2 aliphatic carbocycles. The minimum atomic E-state index is -0.485. The number of nitrogens with two attached hydrogens (primary N) is 1. The molecule has 3 aliphatic rings. The Hall–Kier alpha value is -0.910. The second kappa shape index (κ2) is 7.99. The molecule has 26 heavy (non-hydrogen) atoms. The van der Waals surface area contributed by atoms with E-state index in [9.17, 15) is 9.90 Å². The molecule has 1 saturated heterocycles. The average Bonchev–Trinajstić information content (AvgIpc) is 2.93. The van der Waals surface area contributed by atoms with Gasteiger partial charge in [-0.1, -0.05) is 25.5 Å². The van der Waals surface area contributed by atoms with Gasteiger partial charge < -0.3 is 20.1 Å². The summed E-state index contributed by atoms with van der Waals surface area (Å²) < 4.78 is 5.73. The average molecular weight is 367 g/mol. The van der Waals surface area contributed by atoms with E-state index in [-0.39, 0.29) is 29.3 Å². The molecule has 0 bridgehead atoms. The molecule has 6 atom stereocenters. The molecular weight excluding hydrogens is 328 g/mol. The number of likely N-dealkylation sites (N-methyl/N-ethyl adjacent to an activating group) is 1. The normalized spacial score (nSPS) is 39.4. The number of quaternary nitrogens is 2. The summed E-state index contributed by atoms with van der Waals surface area (Å²) in [5.74, 6) is 0.127. The summed E-state index contributed by atoms with van der Waals surface area (Å²) in [5.41, 5.74) is 1.12. The van der Waals surface area contributed by atoms with Crippen molar-refractivity contribution in [3.63, 3.8) is 0 Å². The number of allylic oxidation sites excluding steroid dienone is 1. The molecule has 2 fully saturated rings.